The largest absolute Gasteiger partial charge is 0.467 e. The van der Waals surface area contributed by atoms with Gasteiger partial charge in [0.2, 0.25) is 0 Å². The van der Waals surface area contributed by atoms with Crippen molar-refractivity contribution in [1.82, 2.24) is 0 Å². The number of hydrogen-bond donors (Lipinski definition) is 1. The van der Waals surface area contributed by atoms with Crippen LogP contribution in [0.5, 0.6) is 0 Å². The number of esters is 1. The van der Waals surface area contributed by atoms with Crippen molar-refractivity contribution in [3.8, 4) is 0 Å². The lowest BCUT2D eigenvalue weighted by molar-refractivity contribution is -0.172. The molecule has 0 bridgehead atoms. The first kappa shape index (κ1) is 11.5. The summed E-state index contributed by atoms with van der Waals surface area (Å²) in [6.45, 7) is 6.22. The van der Waals surface area contributed by atoms with Gasteiger partial charge in [-0.25, -0.2) is 4.79 Å². The van der Waals surface area contributed by atoms with E-state index in [4.69, 9.17) is 0 Å². The predicted molar refractivity (Wildman–Crippen MR) is 53.8 cm³/mol. The minimum Gasteiger partial charge on any atom is -0.467 e. The van der Waals surface area contributed by atoms with Crippen molar-refractivity contribution in [2.75, 3.05) is 7.11 Å². The number of rotatable bonds is 1. The minimum absolute atomic E-state index is 0.0145. The van der Waals surface area contributed by atoms with Gasteiger partial charge in [0.05, 0.1) is 7.11 Å². The maximum absolute atomic E-state index is 11.4. The molecule has 0 aromatic heterocycles. The number of carbonyl (C=O) groups is 1. The summed E-state index contributed by atoms with van der Waals surface area (Å²) >= 11 is 0. The van der Waals surface area contributed by atoms with E-state index in [1.165, 1.54) is 7.11 Å². The molecule has 2 unspecified atom stereocenters. The van der Waals surface area contributed by atoms with Crippen molar-refractivity contribution in [2.45, 2.75) is 45.6 Å². The molecule has 0 aromatic carbocycles. The van der Waals surface area contributed by atoms with Gasteiger partial charge in [-0.2, -0.15) is 0 Å². The molecule has 1 fully saturated rings. The Hall–Kier alpha value is -0.570. The molecule has 1 rings (SSSR count). The lowest BCUT2D eigenvalue weighted by Gasteiger charge is -2.42. The summed E-state index contributed by atoms with van der Waals surface area (Å²) in [6, 6.07) is 0. The lowest BCUT2D eigenvalue weighted by Crippen LogP contribution is -2.48. The highest BCUT2D eigenvalue weighted by Gasteiger charge is 2.47. The van der Waals surface area contributed by atoms with E-state index in [-0.39, 0.29) is 5.41 Å². The van der Waals surface area contributed by atoms with E-state index in [1.807, 2.05) is 0 Å². The number of methoxy groups -OCH3 is 1. The zero-order valence-corrected chi connectivity index (χ0v) is 9.46. The maximum atomic E-state index is 11.4. The molecular weight excluding hydrogens is 180 g/mol. The molecule has 1 aliphatic carbocycles. The molecule has 1 aliphatic rings. The van der Waals surface area contributed by atoms with E-state index >= 15 is 0 Å². The summed E-state index contributed by atoms with van der Waals surface area (Å²) in [5.74, 6) is -0.125. The Morgan fingerprint density at radius 1 is 1.43 bits per heavy atom. The molecule has 0 heterocycles. The Balaban J connectivity index is 2.84. The highest BCUT2D eigenvalue weighted by atomic mass is 16.5. The van der Waals surface area contributed by atoms with Gasteiger partial charge in [-0.1, -0.05) is 20.8 Å². The molecule has 82 valence electrons. The Bertz CT molecular complexity index is 235. The second-order valence-corrected chi connectivity index (χ2v) is 5.38. The average Bonchev–Trinajstić information content (AvgIpc) is 1.98. The minimum atomic E-state index is -1.27. The average molecular weight is 200 g/mol. The first-order valence-corrected chi connectivity index (χ1v) is 5.10. The van der Waals surface area contributed by atoms with Crippen LogP contribution >= 0.6 is 0 Å². The molecule has 0 amide bonds. The fourth-order valence-electron chi connectivity index (χ4n) is 2.87. The molecule has 14 heavy (non-hydrogen) atoms. The van der Waals surface area contributed by atoms with Crippen LogP contribution in [0.3, 0.4) is 0 Å². The van der Waals surface area contributed by atoms with Crippen LogP contribution in [0.4, 0.5) is 0 Å². The van der Waals surface area contributed by atoms with Crippen molar-refractivity contribution < 1.29 is 14.6 Å². The van der Waals surface area contributed by atoms with Crippen molar-refractivity contribution in [3.05, 3.63) is 0 Å². The summed E-state index contributed by atoms with van der Waals surface area (Å²) in [4.78, 5) is 11.4. The van der Waals surface area contributed by atoms with E-state index < -0.39 is 11.6 Å². The fraction of sp³-hybridized carbons (Fsp3) is 0.909. The normalized spacial score (nSPS) is 36.5. The van der Waals surface area contributed by atoms with Crippen LogP contribution in [0.2, 0.25) is 0 Å². The SMILES string of the molecule is COC(=O)C1(O)CC(C)CC(C)(C)C1. The van der Waals surface area contributed by atoms with Crippen LogP contribution in [0.25, 0.3) is 0 Å². The monoisotopic (exact) mass is 200 g/mol. The van der Waals surface area contributed by atoms with Crippen LogP contribution in [0, 0.1) is 11.3 Å². The van der Waals surface area contributed by atoms with Crippen LogP contribution in [-0.4, -0.2) is 23.8 Å². The van der Waals surface area contributed by atoms with Gasteiger partial charge in [0.15, 0.2) is 5.60 Å². The smallest absolute Gasteiger partial charge is 0.337 e. The van der Waals surface area contributed by atoms with E-state index in [2.05, 4.69) is 25.5 Å². The fourth-order valence-corrected chi connectivity index (χ4v) is 2.87. The topological polar surface area (TPSA) is 46.5 Å². The number of carbonyl (C=O) groups excluding carboxylic acids is 1. The van der Waals surface area contributed by atoms with Crippen molar-refractivity contribution in [2.24, 2.45) is 11.3 Å². The lowest BCUT2D eigenvalue weighted by atomic mass is 9.66. The first-order valence-electron chi connectivity index (χ1n) is 5.10. The van der Waals surface area contributed by atoms with Gasteiger partial charge in [-0.15, -0.1) is 0 Å². The van der Waals surface area contributed by atoms with Crippen molar-refractivity contribution in [1.29, 1.82) is 0 Å². The molecule has 1 saturated carbocycles. The summed E-state index contributed by atoms with van der Waals surface area (Å²) in [5.41, 5.74) is -1.25. The van der Waals surface area contributed by atoms with Crippen molar-refractivity contribution >= 4 is 5.97 Å². The van der Waals surface area contributed by atoms with Gasteiger partial charge < -0.3 is 9.84 Å². The third-order valence-corrected chi connectivity index (χ3v) is 2.92. The number of ether oxygens (including phenoxy) is 1. The van der Waals surface area contributed by atoms with E-state index in [1.54, 1.807) is 0 Å². The van der Waals surface area contributed by atoms with Crippen LogP contribution in [0.15, 0.2) is 0 Å². The van der Waals surface area contributed by atoms with Crippen molar-refractivity contribution in [3.63, 3.8) is 0 Å². The standard InChI is InChI=1S/C11H20O3/c1-8-5-10(2,3)7-11(13,6-8)9(12)14-4/h8,13H,5-7H2,1-4H3. The zero-order valence-electron chi connectivity index (χ0n) is 9.46. The van der Waals surface area contributed by atoms with Gasteiger partial charge >= 0.3 is 5.97 Å². The van der Waals surface area contributed by atoms with Crippen LogP contribution in [-0.2, 0) is 9.53 Å². The molecular formula is C11H20O3. The Kier molecular flexibility index (Phi) is 2.91. The van der Waals surface area contributed by atoms with Gasteiger partial charge in [-0.3, -0.25) is 0 Å². The van der Waals surface area contributed by atoms with Crippen LogP contribution < -0.4 is 0 Å². The highest BCUT2D eigenvalue weighted by molar-refractivity contribution is 5.79. The summed E-state index contributed by atoms with van der Waals surface area (Å²) < 4.78 is 4.65. The molecule has 1 N–H and O–H groups in total. The van der Waals surface area contributed by atoms with Gasteiger partial charge in [0, 0.05) is 0 Å². The quantitative estimate of drug-likeness (QED) is 0.656. The molecule has 0 spiro atoms. The molecule has 2 atom stereocenters. The molecule has 0 aliphatic heterocycles. The van der Waals surface area contributed by atoms with E-state index in [0.29, 0.717) is 18.8 Å². The Morgan fingerprint density at radius 2 is 2.00 bits per heavy atom. The summed E-state index contributed by atoms with van der Waals surface area (Å²) in [6.07, 6.45) is 2.06. The molecule has 0 radical (unpaired) electrons. The maximum Gasteiger partial charge on any atom is 0.337 e. The Morgan fingerprint density at radius 3 is 2.43 bits per heavy atom. The molecule has 3 heteroatoms. The number of hydrogen-bond acceptors (Lipinski definition) is 3. The molecule has 3 nitrogen and oxygen atoms in total. The third kappa shape index (κ3) is 2.27. The summed E-state index contributed by atoms with van der Waals surface area (Å²) in [5, 5.41) is 10.2. The first-order chi connectivity index (χ1) is 6.29. The zero-order chi connectivity index (χ0) is 11.0. The number of aliphatic hydroxyl groups is 1. The van der Waals surface area contributed by atoms with Gasteiger partial charge in [0.1, 0.15) is 0 Å². The predicted octanol–water partition coefficient (Wildman–Crippen LogP) is 1.74. The van der Waals surface area contributed by atoms with Crippen LogP contribution in [0.1, 0.15) is 40.0 Å². The highest BCUT2D eigenvalue weighted by Crippen LogP contribution is 2.44. The second kappa shape index (κ2) is 3.54. The van der Waals surface area contributed by atoms with E-state index in [9.17, 15) is 9.90 Å². The van der Waals surface area contributed by atoms with E-state index in [0.717, 1.165) is 6.42 Å². The summed E-state index contributed by atoms with van der Waals surface area (Å²) in [7, 11) is 1.33. The second-order valence-electron chi connectivity index (χ2n) is 5.38. The Labute approximate surface area is 85.5 Å². The molecule has 0 saturated heterocycles. The van der Waals surface area contributed by atoms with Gasteiger partial charge in [-0.05, 0) is 30.6 Å². The van der Waals surface area contributed by atoms with Gasteiger partial charge in [0.25, 0.3) is 0 Å². The third-order valence-electron chi connectivity index (χ3n) is 2.92. The molecule has 0 aromatic rings.